The predicted molar refractivity (Wildman–Crippen MR) is 36.8 cm³/mol. The molecule has 46 valence electrons. The fourth-order valence-corrected chi connectivity index (χ4v) is 1.10. The van der Waals surface area contributed by atoms with Gasteiger partial charge in [-0.25, -0.2) is 0 Å². The Morgan fingerprint density at radius 2 is 2.33 bits per heavy atom. The van der Waals surface area contributed by atoms with E-state index in [-0.39, 0.29) is 0 Å². The first-order valence-corrected chi connectivity index (χ1v) is 3.05. The average molecular weight is 141 g/mol. The summed E-state index contributed by atoms with van der Waals surface area (Å²) in [5, 5.41) is 0.764. The van der Waals surface area contributed by atoms with Crippen LogP contribution in [0.5, 0.6) is 0 Å². The first kappa shape index (κ1) is 4.94. The largest absolute Gasteiger partial charge is 0.345 e. The van der Waals surface area contributed by atoms with Crippen molar-refractivity contribution in [3.05, 3.63) is 29.7 Å². The smallest absolute Gasteiger partial charge is 0.133 e. The molecule has 2 nitrogen and oxygen atoms in total. The van der Waals surface area contributed by atoms with E-state index in [2.05, 4.69) is 4.98 Å². The molecule has 2 rings (SSSR count). The van der Waals surface area contributed by atoms with Gasteiger partial charge in [0.05, 0.1) is 5.02 Å². The molecule has 0 amide bonds. The second kappa shape index (κ2) is 1.54. The van der Waals surface area contributed by atoms with Crippen LogP contribution in [0.2, 0.25) is 5.02 Å². The number of halogens is 1. The highest BCUT2D eigenvalue weighted by Crippen LogP contribution is 2.15. The first-order chi connectivity index (χ1) is 4.38. The molecule has 2 aromatic rings. The third-order valence-corrected chi connectivity index (χ3v) is 1.63. The SMILES string of the molecule is Clc1ccn2cc[nH]c12. The van der Waals surface area contributed by atoms with Crippen molar-refractivity contribution in [2.24, 2.45) is 0 Å². The van der Waals surface area contributed by atoms with Crippen molar-refractivity contribution in [3.8, 4) is 0 Å². The Labute approximate surface area is 57.1 Å². The molecule has 0 unspecified atom stereocenters. The van der Waals surface area contributed by atoms with Gasteiger partial charge in [-0.05, 0) is 6.07 Å². The van der Waals surface area contributed by atoms with Gasteiger partial charge in [-0.1, -0.05) is 11.6 Å². The van der Waals surface area contributed by atoms with Crippen LogP contribution in [-0.2, 0) is 0 Å². The molecule has 0 saturated heterocycles. The third kappa shape index (κ3) is 0.566. The van der Waals surface area contributed by atoms with Gasteiger partial charge in [0.25, 0.3) is 0 Å². The molecule has 9 heavy (non-hydrogen) atoms. The number of nitrogens with zero attached hydrogens (tertiary/aromatic N) is 1. The molecule has 0 saturated carbocycles. The van der Waals surface area contributed by atoms with Gasteiger partial charge in [0.1, 0.15) is 5.65 Å². The summed E-state index contributed by atoms with van der Waals surface area (Å²) < 4.78 is 1.93. The van der Waals surface area contributed by atoms with Crippen molar-refractivity contribution in [3.63, 3.8) is 0 Å². The fraction of sp³-hybridized carbons (Fsp3) is 0. The lowest BCUT2D eigenvalue weighted by Crippen LogP contribution is -1.68. The number of imidazole rings is 1. The molecule has 0 spiro atoms. The third-order valence-electron chi connectivity index (χ3n) is 1.32. The summed E-state index contributed by atoms with van der Waals surface area (Å²) in [6.07, 6.45) is 5.68. The van der Waals surface area contributed by atoms with Crippen molar-refractivity contribution >= 4 is 17.2 Å². The maximum absolute atomic E-state index is 5.76. The van der Waals surface area contributed by atoms with Gasteiger partial charge >= 0.3 is 0 Å². The number of fused-ring (bicyclic) bond motifs is 1. The Morgan fingerprint density at radius 3 is 3.11 bits per heavy atom. The van der Waals surface area contributed by atoms with Crippen LogP contribution in [0.1, 0.15) is 0 Å². The van der Waals surface area contributed by atoms with Crippen LogP contribution < -0.4 is 0 Å². The summed E-state index contributed by atoms with van der Waals surface area (Å²) >= 11 is 5.76. The summed E-state index contributed by atoms with van der Waals surface area (Å²) in [5.41, 5.74) is 0.955. The molecule has 1 N–H and O–H groups in total. The van der Waals surface area contributed by atoms with E-state index in [1.54, 1.807) is 0 Å². The summed E-state index contributed by atoms with van der Waals surface area (Å²) in [6.45, 7) is 0. The van der Waals surface area contributed by atoms with Gasteiger partial charge in [0, 0.05) is 18.6 Å². The zero-order valence-corrected chi connectivity index (χ0v) is 5.39. The Hall–Kier alpha value is -0.890. The molecule has 0 radical (unpaired) electrons. The molecule has 2 heterocycles. The van der Waals surface area contributed by atoms with Crippen molar-refractivity contribution in [2.45, 2.75) is 0 Å². The monoisotopic (exact) mass is 140 g/mol. The zero-order chi connectivity index (χ0) is 6.27. The van der Waals surface area contributed by atoms with Gasteiger partial charge in [0.2, 0.25) is 0 Å². The lowest BCUT2D eigenvalue weighted by atomic mass is 10.6. The van der Waals surface area contributed by atoms with E-state index in [4.69, 9.17) is 11.6 Å². The number of rotatable bonds is 0. The highest BCUT2D eigenvalue weighted by Gasteiger charge is 1.96. The first-order valence-electron chi connectivity index (χ1n) is 2.67. The summed E-state index contributed by atoms with van der Waals surface area (Å²) in [7, 11) is 0. The van der Waals surface area contributed by atoms with Crippen LogP contribution in [-0.4, -0.2) is 9.38 Å². The van der Waals surface area contributed by atoms with Crippen LogP contribution >= 0.6 is 11.6 Å². The number of nitrogens with one attached hydrogen (secondary N) is 1. The molecule has 0 aliphatic heterocycles. The molecule has 0 atom stereocenters. The van der Waals surface area contributed by atoms with Crippen LogP contribution in [0.25, 0.3) is 5.65 Å². The van der Waals surface area contributed by atoms with Crippen LogP contribution in [0.3, 0.4) is 0 Å². The zero-order valence-electron chi connectivity index (χ0n) is 4.63. The van der Waals surface area contributed by atoms with Crippen LogP contribution in [0, 0.1) is 0 Å². The Balaban J connectivity index is 2.99. The van der Waals surface area contributed by atoms with E-state index < -0.39 is 0 Å². The van der Waals surface area contributed by atoms with Gasteiger partial charge in [0.15, 0.2) is 0 Å². The molecule has 0 aliphatic carbocycles. The normalized spacial score (nSPS) is 10.8. The minimum absolute atomic E-state index is 0.764. The van der Waals surface area contributed by atoms with Gasteiger partial charge in [-0.2, -0.15) is 0 Å². The minimum atomic E-state index is 0.764. The van der Waals surface area contributed by atoms with Crippen molar-refractivity contribution in [2.75, 3.05) is 0 Å². The van der Waals surface area contributed by atoms with Crippen LogP contribution in [0.15, 0.2) is 24.7 Å². The Morgan fingerprint density at radius 1 is 1.44 bits per heavy atom. The lowest BCUT2D eigenvalue weighted by Gasteiger charge is -1.78. The summed E-state index contributed by atoms with van der Waals surface area (Å²) in [6, 6.07) is 1.85. The van der Waals surface area contributed by atoms with Gasteiger partial charge < -0.3 is 9.38 Å². The highest BCUT2D eigenvalue weighted by molar-refractivity contribution is 6.33. The molecular weight excluding hydrogens is 136 g/mol. The lowest BCUT2D eigenvalue weighted by molar-refractivity contribution is 1.23. The molecule has 3 heteroatoms. The topological polar surface area (TPSA) is 20.2 Å². The van der Waals surface area contributed by atoms with E-state index in [1.165, 1.54) is 0 Å². The summed E-state index contributed by atoms with van der Waals surface area (Å²) in [4.78, 5) is 3.00. The fourth-order valence-electron chi connectivity index (χ4n) is 0.887. The minimum Gasteiger partial charge on any atom is -0.345 e. The number of aromatic amines is 1. The maximum Gasteiger partial charge on any atom is 0.133 e. The molecule has 2 aromatic heterocycles. The van der Waals surface area contributed by atoms with Crippen LogP contribution in [0.4, 0.5) is 0 Å². The Bertz CT molecular complexity index is 320. The number of hydrogen-bond donors (Lipinski definition) is 1. The maximum atomic E-state index is 5.76. The van der Waals surface area contributed by atoms with Crippen molar-refractivity contribution in [1.82, 2.24) is 9.38 Å². The predicted octanol–water partition coefficient (Wildman–Crippen LogP) is 1.92. The van der Waals surface area contributed by atoms with E-state index >= 15 is 0 Å². The molecule has 0 aromatic carbocycles. The van der Waals surface area contributed by atoms with E-state index in [1.807, 2.05) is 29.1 Å². The molecule has 0 fully saturated rings. The van der Waals surface area contributed by atoms with E-state index in [9.17, 15) is 0 Å². The number of hydrogen-bond acceptors (Lipinski definition) is 0. The van der Waals surface area contributed by atoms with Gasteiger partial charge in [-0.15, -0.1) is 0 Å². The quantitative estimate of drug-likeness (QED) is 0.577. The van der Waals surface area contributed by atoms with E-state index in [0.29, 0.717) is 0 Å². The number of aromatic nitrogens is 2. The molecule has 0 bridgehead atoms. The highest BCUT2D eigenvalue weighted by atomic mass is 35.5. The standard InChI is InChI=1S/C6H5ClN2/c7-5-1-3-9-4-2-8-6(5)9/h1-4,8H. The average Bonchev–Trinajstić information content (AvgIpc) is 2.35. The van der Waals surface area contributed by atoms with Crippen molar-refractivity contribution in [1.29, 1.82) is 0 Å². The van der Waals surface area contributed by atoms with Crippen molar-refractivity contribution < 1.29 is 0 Å². The van der Waals surface area contributed by atoms with E-state index in [0.717, 1.165) is 10.7 Å². The second-order valence-electron chi connectivity index (χ2n) is 1.88. The molecule has 0 aliphatic rings. The second-order valence-corrected chi connectivity index (χ2v) is 2.29. The summed E-state index contributed by atoms with van der Waals surface area (Å²) in [5.74, 6) is 0. The van der Waals surface area contributed by atoms with Gasteiger partial charge in [-0.3, -0.25) is 0 Å². The Kier molecular flexibility index (Phi) is 0.848. The number of H-pyrrole nitrogens is 1. The molecular formula is C6H5ClN2.